The van der Waals surface area contributed by atoms with E-state index < -0.39 is 29.6 Å². The highest BCUT2D eigenvalue weighted by Gasteiger charge is 2.38. The number of nitrogens with two attached hydrogens (primary N) is 1. The van der Waals surface area contributed by atoms with E-state index >= 15 is 0 Å². The van der Waals surface area contributed by atoms with Crippen LogP contribution < -0.4 is 15.7 Å². The summed E-state index contributed by atoms with van der Waals surface area (Å²) < 4.78 is 101. The lowest BCUT2D eigenvalue weighted by Gasteiger charge is -2.38. The molecule has 1 fully saturated rings. The van der Waals surface area contributed by atoms with Crippen LogP contribution in [0.15, 0.2) is 77.7 Å². The number of piperazine rings is 1. The fourth-order valence-corrected chi connectivity index (χ4v) is 5.13. The summed E-state index contributed by atoms with van der Waals surface area (Å²) in [6, 6.07) is 16.3. The number of benzene rings is 3. The molecule has 5 rings (SSSR count). The molecule has 0 bridgehead atoms. The molecule has 1 aromatic heterocycles. The fraction of sp³-hybridized carbons (Fsp3) is 0.214. The molecule has 43 heavy (non-hydrogen) atoms. The van der Waals surface area contributed by atoms with Gasteiger partial charge >= 0.3 is 12.4 Å². The number of aromatic nitrogens is 2. The number of anilines is 2. The molecule has 0 radical (unpaired) electrons. The third kappa shape index (κ3) is 7.01. The molecule has 15 heteroatoms. The molecule has 0 saturated carbocycles. The summed E-state index contributed by atoms with van der Waals surface area (Å²) in [7, 11) is 0. The van der Waals surface area contributed by atoms with E-state index in [1.54, 1.807) is 40.1 Å². The Morgan fingerprint density at radius 1 is 0.744 bits per heavy atom. The van der Waals surface area contributed by atoms with Crippen molar-refractivity contribution >= 4 is 23.5 Å². The summed E-state index contributed by atoms with van der Waals surface area (Å²) in [5, 5.41) is 0. The van der Waals surface area contributed by atoms with Gasteiger partial charge in [-0.2, -0.15) is 32.2 Å². The first-order chi connectivity index (χ1) is 20.4. The second kappa shape index (κ2) is 12.4. The Balaban J connectivity index is 1.60. The largest absolute Gasteiger partial charge is 0.451 e. The Hall–Kier alpha value is -3.92. The van der Waals surface area contributed by atoms with Gasteiger partial charge in [-0.1, -0.05) is 18.2 Å². The molecule has 4 aromatic rings. The highest BCUT2D eigenvalue weighted by molar-refractivity contribution is 7.94. The van der Waals surface area contributed by atoms with E-state index in [2.05, 4.69) is 15.0 Å². The van der Waals surface area contributed by atoms with Crippen molar-refractivity contribution in [1.29, 1.82) is 0 Å². The number of hydrogen-bond donors (Lipinski definition) is 1. The molecule has 7 nitrogen and oxygen atoms in total. The normalized spacial score (nSPS) is 14.3. The van der Waals surface area contributed by atoms with Crippen molar-refractivity contribution in [3.63, 3.8) is 0 Å². The quantitative estimate of drug-likeness (QED) is 0.101. The van der Waals surface area contributed by atoms with Gasteiger partial charge in [0.25, 0.3) is 0 Å². The maximum Gasteiger partial charge on any atom is 0.451 e. The van der Waals surface area contributed by atoms with Crippen LogP contribution in [0, 0.1) is 5.82 Å². The molecule has 2 heterocycles. The first kappa shape index (κ1) is 30.5. The van der Waals surface area contributed by atoms with Crippen molar-refractivity contribution < 1.29 is 40.1 Å². The average molecular weight is 626 g/mol. The summed E-state index contributed by atoms with van der Waals surface area (Å²) in [5.41, 5.74) is 0.332. The number of alkyl halides is 6. The second-order valence-electron chi connectivity index (χ2n) is 9.40. The molecule has 0 spiro atoms. The summed E-state index contributed by atoms with van der Waals surface area (Å²) in [4.78, 5) is 15.8. The first-order valence-corrected chi connectivity index (χ1v) is 13.4. The van der Waals surface area contributed by atoms with Crippen LogP contribution in [0.3, 0.4) is 0 Å². The van der Waals surface area contributed by atoms with Crippen LogP contribution >= 0.6 is 12.0 Å². The number of hydrogen-bond acceptors (Lipinski definition) is 8. The highest BCUT2D eigenvalue weighted by Crippen LogP contribution is 2.42. The molecule has 1 aliphatic rings. The minimum absolute atomic E-state index is 0.0384. The molecular formula is C28H22F7N5O2S. The lowest BCUT2D eigenvalue weighted by atomic mass is 9.98. The van der Waals surface area contributed by atoms with Gasteiger partial charge in [0.2, 0.25) is 5.82 Å². The van der Waals surface area contributed by atoms with Gasteiger partial charge in [-0.15, -0.1) is 9.32 Å². The van der Waals surface area contributed by atoms with E-state index in [0.717, 1.165) is 36.3 Å². The summed E-state index contributed by atoms with van der Waals surface area (Å²) in [6.45, 7) is 0.684. The molecule has 1 saturated heterocycles. The highest BCUT2D eigenvalue weighted by atomic mass is 32.2. The van der Waals surface area contributed by atoms with Crippen LogP contribution in [0.1, 0.15) is 11.4 Å². The standard InChI is InChI=1S/C28H22F7N5O2S/c29-20-9-7-17(8-10-20)24-23(18-3-1-6-22(15-18)43-42-41-36)25(38-26(37-24)28(33,34)35)40-13-11-39(12-14-40)21-5-2-4-19(16-21)27(30,31)32/h1-10,15-16H,11-14,36H2. The number of nitrogens with zero attached hydrogens (tertiary/aromatic N) is 4. The van der Waals surface area contributed by atoms with E-state index in [4.69, 9.17) is 10.2 Å². The SMILES string of the molecule is NOOSc1cccc(-c2c(-c3ccc(F)cc3)nc(C(F)(F)F)nc2N2CCN(c3cccc(C(F)(F)F)c3)CC2)c1. The Kier molecular flexibility index (Phi) is 8.78. The van der Waals surface area contributed by atoms with Crippen molar-refractivity contribution in [3.8, 4) is 22.4 Å². The lowest BCUT2D eigenvalue weighted by Crippen LogP contribution is -2.47. The van der Waals surface area contributed by atoms with Crippen LogP contribution in [0.2, 0.25) is 0 Å². The first-order valence-electron chi connectivity index (χ1n) is 12.7. The van der Waals surface area contributed by atoms with Gasteiger partial charge in [0, 0.05) is 42.3 Å². The summed E-state index contributed by atoms with van der Waals surface area (Å²) in [6.07, 6.45) is -9.43. The van der Waals surface area contributed by atoms with E-state index in [0.29, 0.717) is 16.1 Å². The smallest absolute Gasteiger partial charge is 0.368 e. The minimum atomic E-state index is -4.91. The zero-order chi connectivity index (χ0) is 30.8. The third-order valence-corrected chi connectivity index (χ3v) is 7.26. The molecule has 3 aromatic carbocycles. The average Bonchev–Trinajstić information content (AvgIpc) is 2.99. The molecule has 0 amide bonds. The number of halogens is 7. The second-order valence-corrected chi connectivity index (χ2v) is 10.2. The van der Waals surface area contributed by atoms with E-state index in [1.165, 1.54) is 18.2 Å². The van der Waals surface area contributed by atoms with Crippen LogP contribution in [-0.2, 0) is 21.7 Å². The van der Waals surface area contributed by atoms with Crippen molar-refractivity contribution in [1.82, 2.24) is 9.97 Å². The van der Waals surface area contributed by atoms with Gasteiger partial charge in [0.1, 0.15) is 11.6 Å². The van der Waals surface area contributed by atoms with E-state index in [1.807, 2.05) is 0 Å². The minimum Gasteiger partial charge on any atom is -0.368 e. The van der Waals surface area contributed by atoms with Crippen LogP contribution in [-0.4, -0.2) is 36.1 Å². The maximum absolute atomic E-state index is 14.1. The van der Waals surface area contributed by atoms with Gasteiger partial charge in [-0.25, -0.2) is 14.4 Å². The van der Waals surface area contributed by atoms with E-state index in [-0.39, 0.29) is 48.8 Å². The van der Waals surface area contributed by atoms with Gasteiger partial charge in [0.15, 0.2) is 0 Å². The van der Waals surface area contributed by atoms with Gasteiger partial charge in [-0.05, 0) is 60.2 Å². The third-order valence-electron chi connectivity index (χ3n) is 6.67. The van der Waals surface area contributed by atoms with Crippen LogP contribution in [0.4, 0.5) is 42.2 Å². The topological polar surface area (TPSA) is 76.7 Å². The summed E-state index contributed by atoms with van der Waals surface area (Å²) >= 11 is 0.764. The Bertz CT molecular complexity index is 1580. The van der Waals surface area contributed by atoms with E-state index in [9.17, 15) is 30.7 Å². The predicted molar refractivity (Wildman–Crippen MR) is 146 cm³/mol. The zero-order valence-electron chi connectivity index (χ0n) is 22.0. The molecule has 0 unspecified atom stereocenters. The molecule has 226 valence electrons. The predicted octanol–water partition coefficient (Wildman–Crippen LogP) is 7.14. The molecule has 2 N–H and O–H groups in total. The van der Waals surface area contributed by atoms with Crippen LogP contribution in [0.25, 0.3) is 22.4 Å². The van der Waals surface area contributed by atoms with Crippen molar-refractivity contribution in [2.45, 2.75) is 17.2 Å². The van der Waals surface area contributed by atoms with Crippen molar-refractivity contribution in [2.24, 2.45) is 5.90 Å². The summed E-state index contributed by atoms with van der Waals surface area (Å²) in [5.74, 6) is 2.92. The Morgan fingerprint density at radius 3 is 2.07 bits per heavy atom. The maximum atomic E-state index is 14.1. The fourth-order valence-electron chi connectivity index (χ4n) is 4.70. The molecule has 0 atom stereocenters. The van der Waals surface area contributed by atoms with Crippen molar-refractivity contribution in [2.75, 3.05) is 36.0 Å². The number of rotatable bonds is 7. The van der Waals surface area contributed by atoms with Gasteiger partial charge in [0.05, 0.1) is 28.9 Å². The zero-order valence-corrected chi connectivity index (χ0v) is 22.8. The molecule has 0 aliphatic carbocycles. The molecular weight excluding hydrogens is 603 g/mol. The van der Waals surface area contributed by atoms with Gasteiger partial charge in [-0.3, -0.25) is 0 Å². The van der Waals surface area contributed by atoms with Gasteiger partial charge < -0.3 is 9.80 Å². The monoisotopic (exact) mass is 625 g/mol. The molecule has 1 aliphatic heterocycles. The Morgan fingerprint density at radius 2 is 1.42 bits per heavy atom. The van der Waals surface area contributed by atoms with Crippen LogP contribution in [0.5, 0.6) is 0 Å². The van der Waals surface area contributed by atoms with Crippen molar-refractivity contribution in [3.05, 3.63) is 90.0 Å². The lowest BCUT2D eigenvalue weighted by molar-refractivity contribution is -0.195. The Labute approximate surface area is 245 Å².